The molecule has 2 saturated heterocycles. The van der Waals surface area contributed by atoms with Gasteiger partial charge in [0.05, 0.1) is 12.7 Å². The van der Waals surface area contributed by atoms with Gasteiger partial charge in [-0.15, -0.1) is 0 Å². The van der Waals surface area contributed by atoms with E-state index < -0.39 is 5.60 Å². The van der Waals surface area contributed by atoms with E-state index in [9.17, 15) is 9.90 Å². The number of amides is 1. The van der Waals surface area contributed by atoms with Crippen LogP contribution in [0.2, 0.25) is 0 Å². The number of methoxy groups -OCH3 is 1. The normalized spacial score (nSPS) is 20.1. The highest BCUT2D eigenvalue weighted by atomic mass is 16.5. The number of hydrogen-bond acceptors (Lipinski definition) is 5. The molecule has 176 valence electrons. The van der Waals surface area contributed by atoms with Gasteiger partial charge in [0.15, 0.2) is 0 Å². The highest BCUT2D eigenvalue weighted by molar-refractivity contribution is 5.94. The number of piperidine rings is 1. The maximum Gasteiger partial charge on any atom is 0.253 e. The van der Waals surface area contributed by atoms with Gasteiger partial charge in [-0.3, -0.25) is 4.79 Å². The van der Waals surface area contributed by atoms with Crippen molar-refractivity contribution in [1.82, 2.24) is 9.80 Å². The van der Waals surface area contributed by atoms with Gasteiger partial charge in [-0.2, -0.15) is 0 Å². The molecule has 2 heterocycles. The summed E-state index contributed by atoms with van der Waals surface area (Å²) in [5, 5.41) is 9.88. The highest BCUT2D eigenvalue weighted by Gasteiger charge is 2.28. The molecule has 0 spiro atoms. The summed E-state index contributed by atoms with van der Waals surface area (Å²) >= 11 is 0. The number of likely N-dealkylation sites (tertiary alicyclic amines) is 1. The van der Waals surface area contributed by atoms with Gasteiger partial charge in [-0.1, -0.05) is 17.9 Å². The Bertz CT molecular complexity index is 794. The van der Waals surface area contributed by atoms with E-state index in [1.807, 2.05) is 29.2 Å². The Morgan fingerprint density at radius 1 is 1.28 bits per heavy atom. The fourth-order valence-electron chi connectivity index (χ4n) is 4.34. The van der Waals surface area contributed by atoms with Crippen molar-refractivity contribution in [1.29, 1.82) is 0 Å². The van der Waals surface area contributed by atoms with E-state index in [2.05, 4.69) is 16.7 Å². The van der Waals surface area contributed by atoms with Crippen molar-refractivity contribution in [3.05, 3.63) is 35.4 Å². The third kappa shape index (κ3) is 7.90. The average Bonchev–Trinajstić information content (AvgIpc) is 3.29. The summed E-state index contributed by atoms with van der Waals surface area (Å²) in [5.74, 6) is 6.34. The molecule has 3 rings (SSSR count). The van der Waals surface area contributed by atoms with Gasteiger partial charge in [-0.05, 0) is 76.7 Å². The summed E-state index contributed by atoms with van der Waals surface area (Å²) in [4.78, 5) is 17.9. The second-order valence-electron chi connectivity index (χ2n) is 9.51. The number of nitrogens with zero attached hydrogens (tertiary/aromatic N) is 2. The van der Waals surface area contributed by atoms with Gasteiger partial charge in [0.1, 0.15) is 5.60 Å². The smallest absolute Gasteiger partial charge is 0.253 e. The van der Waals surface area contributed by atoms with Crippen LogP contribution in [0, 0.1) is 17.8 Å². The van der Waals surface area contributed by atoms with Crippen molar-refractivity contribution < 1.29 is 19.4 Å². The molecule has 6 nitrogen and oxygen atoms in total. The van der Waals surface area contributed by atoms with E-state index in [4.69, 9.17) is 9.47 Å². The van der Waals surface area contributed by atoms with Crippen molar-refractivity contribution in [2.75, 3.05) is 53.0 Å². The van der Waals surface area contributed by atoms with E-state index in [0.29, 0.717) is 18.0 Å². The van der Waals surface area contributed by atoms with Gasteiger partial charge < -0.3 is 24.4 Å². The Labute approximate surface area is 192 Å². The monoisotopic (exact) mass is 442 g/mol. The maximum atomic E-state index is 13.5. The number of ether oxygens (including phenoxy) is 2. The van der Waals surface area contributed by atoms with Crippen LogP contribution in [0.5, 0.6) is 0 Å². The zero-order valence-electron chi connectivity index (χ0n) is 19.8. The second-order valence-corrected chi connectivity index (χ2v) is 9.51. The van der Waals surface area contributed by atoms with Crippen molar-refractivity contribution in [2.24, 2.45) is 5.92 Å². The van der Waals surface area contributed by atoms with Crippen LogP contribution in [-0.2, 0) is 9.47 Å². The molecular weight excluding hydrogens is 404 g/mol. The Morgan fingerprint density at radius 3 is 2.72 bits per heavy atom. The summed E-state index contributed by atoms with van der Waals surface area (Å²) < 4.78 is 11.1. The first-order valence-corrected chi connectivity index (χ1v) is 11.8. The summed E-state index contributed by atoms with van der Waals surface area (Å²) in [6.45, 7) is 9.33. The minimum atomic E-state index is -1.07. The van der Waals surface area contributed by atoms with Crippen molar-refractivity contribution in [3.8, 4) is 11.8 Å². The van der Waals surface area contributed by atoms with Crippen LogP contribution < -0.4 is 0 Å². The maximum absolute atomic E-state index is 13.5. The first-order valence-electron chi connectivity index (χ1n) is 11.8. The molecule has 2 fully saturated rings. The van der Waals surface area contributed by atoms with Crippen LogP contribution in [0.25, 0.3) is 0 Å². The predicted octanol–water partition coefficient (Wildman–Crippen LogP) is 2.79. The SMILES string of the molecule is COCCN1CCC(CN(C[C@@H]2CCCO2)C(=O)c2cccc(C#CC(C)(C)O)c2)CC1. The first-order chi connectivity index (χ1) is 15.3. The van der Waals surface area contributed by atoms with E-state index in [1.54, 1.807) is 21.0 Å². The van der Waals surface area contributed by atoms with E-state index >= 15 is 0 Å². The quantitative estimate of drug-likeness (QED) is 0.628. The molecule has 6 heteroatoms. The first kappa shape index (κ1) is 24.7. The number of aliphatic hydroxyl groups is 1. The summed E-state index contributed by atoms with van der Waals surface area (Å²) in [7, 11) is 1.74. The Morgan fingerprint density at radius 2 is 2.06 bits per heavy atom. The molecule has 0 radical (unpaired) electrons. The van der Waals surface area contributed by atoms with E-state index in [-0.39, 0.29) is 12.0 Å². The minimum Gasteiger partial charge on any atom is -0.383 e. The van der Waals surface area contributed by atoms with E-state index in [0.717, 1.165) is 70.6 Å². The largest absolute Gasteiger partial charge is 0.383 e. The van der Waals surface area contributed by atoms with Gasteiger partial charge in [-0.25, -0.2) is 0 Å². The molecule has 0 aliphatic carbocycles. The van der Waals surface area contributed by atoms with Crippen LogP contribution in [0.3, 0.4) is 0 Å². The number of carbonyl (C=O) groups excluding carboxylic acids is 1. The summed E-state index contributed by atoms with van der Waals surface area (Å²) in [5.41, 5.74) is 0.314. The van der Waals surface area contributed by atoms with Gasteiger partial charge in [0.25, 0.3) is 5.91 Å². The fourth-order valence-corrected chi connectivity index (χ4v) is 4.34. The van der Waals surface area contributed by atoms with Crippen molar-refractivity contribution in [3.63, 3.8) is 0 Å². The molecule has 0 aromatic heterocycles. The average molecular weight is 443 g/mol. The second kappa shape index (κ2) is 11.8. The topological polar surface area (TPSA) is 62.2 Å². The zero-order chi connectivity index (χ0) is 23.0. The number of hydrogen-bond donors (Lipinski definition) is 1. The third-order valence-electron chi connectivity index (χ3n) is 6.15. The number of benzene rings is 1. The molecule has 1 aromatic carbocycles. The van der Waals surface area contributed by atoms with Crippen LogP contribution in [0.4, 0.5) is 0 Å². The Hall–Kier alpha value is -1.91. The van der Waals surface area contributed by atoms with Crippen LogP contribution >= 0.6 is 0 Å². The summed E-state index contributed by atoms with van der Waals surface area (Å²) in [6, 6.07) is 7.42. The molecule has 0 saturated carbocycles. The number of carbonyl (C=O) groups is 1. The lowest BCUT2D eigenvalue weighted by Gasteiger charge is -2.35. The molecule has 1 amide bonds. The zero-order valence-corrected chi connectivity index (χ0v) is 19.8. The third-order valence-corrected chi connectivity index (χ3v) is 6.15. The molecule has 2 aliphatic heterocycles. The van der Waals surface area contributed by atoms with Gasteiger partial charge in [0.2, 0.25) is 0 Å². The lowest BCUT2D eigenvalue weighted by Crippen LogP contribution is -2.44. The van der Waals surface area contributed by atoms with Gasteiger partial charge in [0, 0.05) is 44.5 Å². The predicted molar refractivity (Wildman–Crippen MR) is 126 cm³/mol. The molecule has 1 aromatic rings. The van der Waals surface area contributed by atoms with Crippen LogP contribution in [0.1, 0.15) is 55.5 Å². The highest BCUT2D eigenvalue weighted by Crippen LogP contribution is 2.22. The fraction of sp³-hybridized carbons (Fsp3) is 0.654. The molecule has 32 heavy (non-hydrogen) atoms. The summed E-state index contributed by atoms with van der Waals surface area (Å²) in [6.07, 6.45) is 4.38. The molecule has 0 bridgehead atoms. The standard InChI is InChI=1S/C26H38N2O4/c1-26(2,30)12-9-21-6-4-7-23(18-21)25(29)28(20-24-8-5-16-32-24)19-22-10-13-27(14-11-22)15-17-31-3/h4,6-7,18,22,24,30H,5,8,10-11,13-17,19-20H2,1-3H3/t24-/m0/s1. The molecular formula is C26H38N2O4. The lowest BCUT2D eigenvalue weighted by atomic mass is 9.95. The van der Waals surface area contributed by atoms with Gasteiger partial charge >= 0.3 is 0 Å². The Kier molecular flexibility index (Phi) is 9.12. The molecule has 1 atom stereocenters. The minimum absolute atomic E-state index is 0.0363. The van der Waals surface area contributed by atoms with Crippen molar-refractivity contribution >= 4 is 5.91 Å². The molecule has 1 N–H and O–H groups in total. The molecule has 0 unspecified atom stereocenters. The Balaban J connectivity index is 1.68. The lowest BCUT2D eigenvalue weighted by molar-refractivity contribution is 0.0437. The molecule has 2 aliphatic rings. The van der Waals surface area contributed by atoms with E-state index in [1.165, 1.54) is 0 Å². The van der Waals surface area contributed by atoms with Crippen molar-refractivity contribution in [2.45, 2.75) is 51.2 Å². The number of rotatable bonds is 8. The van der Waals surface area contributed by atoms with Crippen LogP contribution in [-0.4, -0.2) is 85.6 Å². The van der Waals surface area contributed by atoms with Crippen LogP contribution in [0.15, 0.2) is 24.3 Å².